The maximum absolute atomic E-state index is 11.5. The molecule has 0 aromatic carbocycles. The van der Waals surface area contributed by atoms with Gasteiger partial charge in [-0.1, -0.05) is 20.3 Å². The third-order valence-electron chi connectivity index (χ3n) is 2.72. The second kappa shape index (κ2) is 7.89. The summed E-state index contributed by atoms with van der Waals surface area (Å²) < 4.78 is 4.96. The molecule has 0 saturated carbocycles. The Bertz CT molecular complexity index is 258. The van der Waals surface area contributed by atoms with E-state index in [-0.39, 0.29) is 12.0 Å². The highest BCUT2D eigenvalue weighted by Gasteiger charge is 2.25. The first-order valence-electron chi connectivity index (χ1n) is 5.72. The molecule has 6 nitrogen and oxygen atoms in total. The number of urea groups is 1. The number of hydrogen-bond donors (Lipinski definition) is 3. The van der Waals surface area contributed by atoms with Gasteiger partial charge in [0, 0.05) is 13.7 Å². The molecule has 0 aliphatic heterocycles. The number of methoxy groups -OCH3 is 1. The van der Waals surface area contributed by atoms with Crippen molar-refractivity contribution in [2.24, 2.45) is 5.92 Å². The zero-order chi connectivity index (χ0) is 13.4. The first kappa shape index (κ1) is 15.7. The Hall–Kier alpha value is -1.30. The molecule has 0 aromatic heterocycles. The third-order valence-corrected chi connectivity index (χ3v) is 2.72. The highest BCUT2D eigenvalue weighted by atomic mass is 16.5. The Morgan fingerprint density at radius 2 is 1.94 bits per heavy atom. The highest BCUT2D eigenvalue weighted by molar-refractivity contribution is 5.82. The maximum atomic E-state index is 11.5. The monoisotopic (exact) mass is 246 g/mol. The molecule has 0 aliphatic carbocycles. The van der Waals surface area contributed by atoms with Gasteiger partial charge >= 0.3 is 12.0 Å². The summed E-state index contributed by atoms with van der Waals surface area (Å²) in [4.78, 5) is 22.4. The zero-order valence-electron chi connectivity index (χ0n) is 10.8. The van der Waals surface area contributed by atoms with Gasteiger partial charge in [0.25, 0.3) is 0 Å². The van der Waals surface area contributed by atoms with E-state index in [1.54, 1.807) is 14.0 Å². The van der Waals surface area contributed by atoms with E-state index in [1.165, 1.54) is 0 Å². The summed E-state index contributed by atoms with van der Waals surface area (Å²) in [5.41, 5.74) is 0. The van der Waals surface area contributed by atoms with Crippen LogP contribution in [0.5, 0.6) is 0 Å². The number of carbonyl (C=O) groups excluding carboxylic acids is 1. The van der Waals surface area contributed by atoms with Gasteiger partial charge in [0.05, 0.1) is 6.10 Å². The molecule has 2 unspecified atom stereocenters. The van der Waals surface area contributed by atoms with Crippen LogP contribution in [0.1, 0.15) is 27.2 Å². The zero-order valence-corrected chi connectivity index (χ0v) is 10.8. The van der Waals surface area contributed by atoms with Crippen LogP contribution in [0.4, 0.5) is 4.79 Å². The second-order valence-corrected chi connectivity index (χ2v) is 4.10. The van der Waals surface area contributed by atoms with Crippen molar-refractivity contribution in [2.45, 2.75) is 39.3 Å². The SMILES string of the molecule is CCC(C)[C@H](NC(=O)NCC(C)OC)C(=O)O. The lowest BCUT2D eigenvalue weighted by Crippen LogP contribution is -2.50. The maximum Gasteiger partial charge on any atom is 0.326 e. The van der Waals surface area contributed by atoms with E-state index in [1.807, 2.05) is 13.8 Å². The standard InChI is InChI=1S/C11H22N2O4/c1-5-7(2)9(10(14)15)13-11(16)12-6-8(3)17-4/h7-9H,5-6H2,1-4H3,(H,14,15)(H2,12,13,16)/t7?,8?,9-/m0/s1. The number of carbonyl (C=O) groups is 2. The molecule has 3 N–H and O–H groups in total. The number of carboxylic acids is 1. The minimum atomic E-state index is -1.02. The lowest BCUT2D eigenvalue weighted by Gasteiger charge is -2.20. The van der Waals surface area contributed by atoms with Crippen molar-refractivity contribution >= 4 is 12.0 Å². The van der Waals surface area contributed by atoms with Gasteiger partial charge in [-0.15, -0.1) is 0 Å². The quantitative estimate of drug-likeness (QED) is 0.620. The largest absolute Gasteiger partial charge is 0.480 e. The molecule has 0 aromatic rings. The number of carboxylic acid groups (broad SMARTS) is 1. The van der Waals surface area contributed by atoms with E-state index in [0.29, 0.717) is 13.0 Å². The smallest absolute Gasteiger partial charge is 0.326 e. The van der Waals surface area contributed by atoms with Crippen molar-refractivity contribution in [3.05, 3.63) is 0 Å². The predicted octanol–water partition coefficient (Wildman–Crippen LogP) is 0.820. The minimum absolute atomic E-state index is 0.104. The summed E-state index contributed by atoms with van der Waals surface area (Å²) in [7, 11) is 1.55. The van der Waals surface area contributed by atoms with Crippen molar-refractivity contribution in [2.75, 3.05) is 13.7 Å². The van der Waals surface area contributed by atoms with Crippen LogP contribution in [0.2, 0.25) is 0 Å². The molecule has 0 rings (SSSR count). The normalized spacial score (nSPS) is 15.8. The Balaban J connectivity index is 4.18. The van der Waals surface area contributed by atoms with Crippen molar-refractivity contribution in [3.63, 3.8) is 0 Å². The Morgan fingerprint density at radius 1 is 1.35 bits per heavy atom. The topological polar surface area (TPSA) is 87.7 Å². The lowest BCUT2D eigenvalue weighted by atomic mass is 9.99. The van der Waals surface area contributed by atoms with E-state index >= 15 is 0 Å². The van der Waals surface area contributed by atoms with Crippen LogP contribution in [-0.2, 0) is 9.53 Å². The van der Waals surface area contributed by atoms with E-state index in [2.05, 4.69) is 10.6 Å². The fraction of sp³-hybridized carbons (Fsp3) is 0.818. The molecule has 0 bridgehead atoms. The minimum Gasteiger partial charge on any atom is -0.480 e. The molecule has 0 fully saturated rings. The van der Waals surface area contributed by atoms with Crippen LogP contribution >= 0.6 is 0 Å². The fourth-order valence-electron chi connectivity index (χ4n) is 1.20. The van der Waals surface area contributed by atoms with Crippen LogP contribution in [-0.4, -0.2) is 42.9 Å². The second-order valence-electron chi connectivity index (χ2n) is 4.10. The number of hydrogen-bond acceptors (Lipinski definition) is 3. The Labute approximate surface area is 102 Å². The predicted molar refractivity (Wildman–Crippen MR) is 63.9 cm³/mol. The van der Waals surface area contributed by atoms with Crippen molar-refractivity contribution in [3.8, 4) is 0 Å². The number of amides is 2. The lowest BCUT2D eigenvalue weighted by molar-refractivity contribution is -0.140. The van der Waals surface area contributed by atoms with Crippen molar-refractivity contribution in [1.29, 1.82) is 0 Å². The molecule has 0 saturated heterocycles. The average molecular weight is 246 g/mol. The summed E-state index contributed by atoms with van der Waals surface area (Å²) in [6, 6.07) is -1.35. The van der Waals surface area contributed by atoms with Crippen LogP contribution in [0, 0.1) is 5.92 Å². The fourth-order valence-corrected chi connectivity index (χ4v) is 1.20. The number of aliphatic carboxylic acids is 1. The molecular formula is C11H22N2O4. The van der Waals surface area contributed by atoms with Crippen LogP contribution < -0.4 is 10.6 Å². The summed E-state index contributed by atoms with van der Waals surface area (Å²) in [6.07, 6.45) is 0.582. The molecule has 0 radical (unpaired) electrons. The average Bonchev–Trinajstić information content (AvgIpc) is 2.31. The first-order chi connectivity index (χ1) is 7.92. The van der Waals surface area contributed by atoms with Gasteiger partial charge in [-0.3, -0.25) is 0 Å². The summed E-state index contributed by atoms with van der Waals surface area (Å²) in [5, 5.41) is 14.0. The molecule has 3 atom stereocenters. The van der Waals surface area contributed by atoms with E-state index in [4.69, 9.17) is 9.84 Å². The first-order valence-corrected chi connectivity index (χ1v) is 5.72. The molecule has 17 heavy (non-hydrogen) atoms. The Kier molecular flexibility index (Phi) is 7.29. The molecule has 6 heteroatoms. The molecule has 0 heterocycles. The number of rotatable bonds is 7. The molecule has 100 valence electrons. The van der Waals surface area contributed by atoms with Gasteiger partial charge in [0.1, 0.15) is 6.04 Å². The Morgan fingerprint density at radius 3 is 2.35 bits per heavy atom. The van der Waals surface area contributed by atoms with Crippen LogP contribution in [0.25, 0.3) is 0 Å². The molecule has 2 amide bonds. The summed E-state index contributed by atoms with van der Waals surface area (Å²) in [6.45, 7) is 5.82. The molecular weight excluding hydrogens is 224 g/mol. The number of ether oxygens (including phenoxy) is 1. The van der Waals surface area contributed by atoms with Crippen molar-refractivity contribution < 1.29 is 19.4 Å². The highest BCUT2D eigenvalue weighted by Crippen LogP contribution is 2.07. The van der Waals surface area contributed by atoms with Gasteiger partial charge in [-0.2, -0.15) is 0 Å². The van der Waals surface area contributed by atoms with Crippen LogP contribution in [0.15, 0.2) is 0 Å². The third kappa shape index (κ3) is 6.11. The van der Waals surface area contributed by atoms with Gasteiger partial charge in [0.15, 0.2) is 0 Å². The van der Waals surface area contributed by atoms with Gasteiger partial charge in [-0.05, 0) is 12.8 Å². The van der Waals surface area contributed by atoms with Crippen LogP contribution in [0.3, 0.4) is 0 Å². The summed E-state index contributed by atoms with van der Waals surface area (Å²) >= 11 is 0. The van der Waals surface area contributed by atoms with E-state index in [9.17, 15) is 9.59 Å². The van der Waals surface area contributed by atoms with E-state index in [0.717, 1.165) is 0 Å². The summed E-state index contributed by atoms with van der Waals surface area (Å²) in [5.74, 6) is -1.13. The van der Waals surface area contributed by atoms with Gasteiger partial charge in [-0.25, -0.2) is 9.59 Å². The van der Waals surface area contributed by atoms with Gasteiger partial charge in [0.2, 0.25) is 0 Å². The molecule has 0 aliphatic rings. The number of nitrogens with one attached hydrogen (secondary N) is 2. The molecule has 0 spiro atoms. The van der Waals surface area contributed by atoms with Gasteiger partial charge < -0.3 is 20.5 Å². The van der Waals surface area contributed by atoms with E-state index < -0.39 is 18.0 Å². The van der Waals surface area contributed by atoms with Crippen molar-refractivity contribution in [1.82, 2.24) is 10.6 Å².